The van der Waals surface area contributed by atoms with Gasteiger partial charge in [-0.15, -0.1) is 11.3 Å². The Morgan fingerprint density at radius 1 is 1.47 bits per heavy atom. The van der Waals surface area contributed by atoms with E-state index in [0.717, 1.165) is 11.4 Å². The Kier molecular flexibility index (Phi) is 4.64. The number of nitrogens with two attached hydrogens (primary N) is 1. The van der Waals surface area contributed by atoms with Crippen LogP contribution in [-0.2, 0) is 23.1 Å². The van der Waals surface area contributed by atoms with Gasteiger partial charge in [0.15, 0.2) is 0 Å². The zero-order chi connectivity index (χ0) is 13.7. The summed E-state index contributed by atoms with van der Waals surface area (Å²) in [5, 5.41) is 6.52. The molecule has 2 aromatic rings. The molecule has 0 amide bonds. The van der Waals surface area contributed by atoms with Crippen molar-refractivity contribution < 1.29 is 8.42 Å². The standard InChI is InChI=1S/C10H15N5O2S2/c11-2-1-4-15-8-9(6-13-15)19(16,17)14-7-10-12-3-5-18-10/h3,5-6,8,14H,1-2,4,7,11H2. The number of hydrogen-bond acceptors (Lipinski definition) is 6. The van der Waals surface area contributed by atoms with Crippen molar-refractivity contribution in [2.75, 3.05) is 6.54 Å². The summed E-state index contributed by atoms with van der Waals surface area (Å²) in [4.78, 5) is 4.17. The fourth-order valence-corrected chi connectivity index (χ4v) is 3.03. The molecule has 104 valence electrons. The number of sulfonamides is 1. The van der Waals surface area contributed by atoms with E-state index < -0.39 is 10.0 Å². The van der Waals surface area contributed by atoms with Crippen LogP contribution in [0.5, 0.6) is 0 Å². The Morgan fingerprint density at radius 2 is 2.32 bits per heavy atom. The lowest BCUT2D eigenvalue weighted by molar-refractivity contribution is 0.576. The molecule has 0 aliphatic heterocycles. The van der Waals surface area contributed by atoms with Crippen LogP contribution in [0.1, 0.15) is 11.4 Å². The van der Waals surface area contributed by atoms with E-state index >= 15 is 0 Å². The van der Waals surface area contributed by atoms with Crippen LogP contribution in [0.4, 0.5) is 0 Å². The second kappa shape index (κ2) is 6.24. The largest absolute Gasteiger partial charge is 0.330 e. The highest BCUT2D eigenvalue weighted by Crippen LogP contribution is 2.09. The smallest absolute Gasteiger partial charge is 0.244 e. The molecule has 2 heterocycles. The lowest BCUT2D eigenvalue weighted by Gasteiger charge is -2.02. The summed E-state index contributed by atoms with van der Waals surface area (Å²) in [6.07, 6.45) is 5.23. The van der Waals surface area contributed by atoms with Gasteiger partial charge in [-0.25, -0.2) is 18.1 Å². The second-order valence-corrected chi connectivity index (χ2v) is 6.58. The Balaban J connectivity index is 2.00. The second-order valence-electron chi connectivity index (χ2n) is 3.83. The van der Waals surface area contributed by atoms with E-state index in [1.165, 1.54) is 23.7 Å². The van der Waals surface area contributed by atoms with Crippen molar-refractivity contribution in [2.24, 2.45) is 5.73 Å². The van der Waals surface area contributed by atoms with Gasteiger partial charge in [0.05, 0.1) is 12.7 Å². The minimum atomic E-state index is -3.54. The van der Waals surface area contributed by atoms with Crippen LogP contribution in [0.2, 0.25) is 0 Å². The minimum absolute atomic E-state index is 0.154. The van der Waals surface area contributed by atoms with Gasteiger partial charge in [-0.2, -0.15) is 5.10 Å². The molecule has 0 saturated carbocycles. The van der Waals surface area contributed by atoms with Crippen molar-refractivity contribution in [3.63, 3.8) is 0 Å². The summed E-state index contributed by atoms with van der Waals surface area (Å²) in [5.74, 6) is 0. The third-order valence-electron chi connectivity index (χ3n) is 2.41. The molecule has 2 rings (SSSR count). The molecule has 0 bridgehead atoms. The summed E-state index contributed by atoms with van der Waals surface area (Å²) in [7, 11) is -3.54. The molecule has 19 heavy (non-hydrogen) atoms. The van der Waals surface area contributed by atoms with Gasteiger partial charge in [0.25, 0.3) is 0 Å². The third kappa shape index (κ3) is 3.83. The molecule has 0 aliphatic carbocycles. The minimum Gasteiger partial charge on any atom is -0.330 e. The Bertz CT molecular complexity index is 606. The summed E-state index contributed by atoms with van der Waals surface area (Å²) in [6.45, 7) is 1.34. The predicted octanol–water partition coefficient (Wildman–Crippen LogP) is 0.167. The molecular formula is C10H15N5O2S2. The first kappa shape index (κ1) is 14.1. The summed E-state index contributed by atoms with van der Waals surface area (Å²) in [5.41, 5.74) is 5.39. The van der Waals surface area contributed by atoms with Crippen LogP contribution in [-0.4, -0.2) is 29.7 Å². The van der Waals surface area contributed by atoms with Crippen LogP contribution < -0.4 is 10.5 Å². The molecule has 0 atom stereocenters. The van der Waals surface area contributed by atoms with Crippen molar-refractivity contribution >= 4 is 21.4 Å². The molecule has 0 saturated heterocycles. The maximum Gasteiger partial charge on any atom is 0.244 e. The predicted molar refractivity (Wildman–Crippen MR) is 72.0 cm³/mol. The maximum absolute atomic E-state index is 12.0. The zero-order valence-corrected chi connectivity index (χ0v) is 11.8. The van der Waals surface area contributed by atoms with Crippen molar-refractivity contribution in [3.8, 4) is 0 Å². The molecule has 7 nitrogen and oxygen atoms in total. The highest BCUT2D eigenvalue weighted by Gasteiger charge is 2.16. The van der Waals surface area contributed by atoms with Crippen LogP contribution in [0.3, 0.4) is 0 Å². The quantitative estimate of drug-likeness (QED) is 0.758. The summed E-state index contributed by atoms with van der Waals surface area (Å²) in [6, 6.07) is 0. The van der Waals surface area contributed by atoms with Gasteiger partial charge >= 0.3 is 0 Å². The fourth-order valence-electron chi connectivity index (χ4n) is 1.44. The van der Waals surface area contributed by atoms with Crippen molar-refractivity contribution in [1.82, 2.24) is 19.5 Å². The first-order chi connectivity index (χ1) is 9.12. The van der Waals surface area contributed by atoms with E-state index in [4.69, 9.17) is 5.73 Å². The number of thiazole rings is 1. The first-order valence-electron chi connectivity index (χ1n) is 5.72. The van der Waals surface area contributed by atoms with E-state index in [1.54, 1.807) is 16.3 Å². The van der Waals surface area contributed by atoms with Gasteiger partial charge in [0.2, 0.25) is 10.0 Å². The highest BCUT2D eigenvalue weighted by molar-refractivity contribution is 7.89. The Labute approximate surface area is 115 Å². The molecule has 2 aromatic heterocycles. The van der Waals surface area contributed by atoms with E-state index in [1.807, 2.05) is 0 Å². The Hall–Kier alpha value is -1.29. The molecular weight excluding hydrogens is 286 g/mol. The molecule has 3 N–H and O–H groups in total. The van der Waals surface area contributed by atoms with Crippen LogP contribution >= 0.6 is 11.3 Å². The number of nitrogens with zero attached hydrogens (tertiary/aromatic N) is 3. The van der Waals surface area contributed by atoms with Gasteiger partial charge in [-0.3, -0.25) is 4.68 Å². The van der Waals surface area contributed by atoms with Crippen LogP contribution in [0.25, 0.3) is 0 Å². The van der Waals surface area contributed by atoms with Gasteiger partial charge < -0.3 is 5.73 Å². The maximum atomic E-state index is 12.0. The topological polar surface area (TPSA) is 103 Å². The van der Waals surface area contributed by atoms with Crippen LogP contribution in [0.15, 0.2) is 28.9 Å². The van der Waals surface area contributed by atoms with Crippen molar-refractivity contribution in [1.29, 1.82) is 0 Å². The van der Waals surface area contributed by atoms with E-state index in [2.05, 4.69) is 14.8 Å². The zero-order valence-electron chi connectivity index (χ0n) is 10.2. The lowest BCUT2D eigenvalue weighted by Crippen LogP contribution is -2.22. The summed E-state index contributed by atoms with van der Waals surface area (Å²) >= 11 is 1.40. The molecule has 0 spiro atoms. The van der Waals surface area contributed by atoms with Crippen LogP contribution in [0, 0.1) is 0 Å². The molecule has 0 aliphatic rings. The highest BCUT2D eigenvalue weighted by atomic mass is 32.2. The lowest BCUT2D eigenvalue weighted by atomic mass is 10.4. The normalized spacial score (nSPS) is 11.8. The van der Waals surface area contributed by atoms with Crippen molar-refractivity contribution in [2.45, 2.75) is 24.4 Å². The average Bonchev–Trinajstić information content (AvgIpc) is 3.05. The van der Waals surface area contributed by atoms with E-state index in [-0.39, 0.29) is 11.4 Å². The summed E-state index contributed by atoms with van der Waals surface area (Å²) < 4.78 is 28.1. The molecule has 9 heteroatoms. The number of rotatable bonds is 7. The van der Waals surface area contributed by atoms with E-state index in [9.17, 15) is 8.42 Å². The third-order valence-corrected chi connectivity index (χ3v) is 4.54. The molecule has 0 radical (unpaired) electrons. The van der Waals surface area contributed by atoms with Gasteiger partial charge in [-0.1, -0.05) is 0 Å². The van der Waals surface area contributed by atoms with Gasteiger partial charge in [-0.05, 0) is 13.0 Å². The molecule has 0 unspecified atom stereocenters. The van der Waals surface area contributed by atoms with Gasteiger partial charge in [0, 0.05) is 24.3 Å². The number of hydrogen-bond donors (Lipinski definition) is 2. The average molecular weight is 301 g/mol. The SMILES string of the molecule is NCCCn1cc(S(=O)(=O)NCc2nccs2)cn1. The van der Waals surface area contributed by atoms with Crippen molar-refractivity contribution in [3.05, 3.63) is 29.0 Å². The number of aromatic nitrogens is 3. The fraction of sp³-hybridized carbons (Fsp3) is 0.400. The van der Waals surface area contributed by atoms with E-state index in [0.29, 0.717) is 13.1 Å². The van der Waals surface area contributed by atoms with Gasteiger partial charge in [0.1, 0.15) is 9.90 Å². The first-order valence-corrected chi connectivity index (χ1v) is 8.08. The Morgan fingerprint density at radius 3 is 3.00 bits per heavy atom. The number of aryl methyl sites for hydroxylation is 1. The number of nitrogens with one attached hydrogen (secondary N) is 1. The monoisotopic (exact) mass is 301 g/mol. The molecule has 0 fully saturated rings. The molecule has 0 aromatic carbocycles.